The molecule has 1 aliphatic carbocycles. The highest BCUT2D eigenvalue weighted by Gasteiger charge is 2.49. The lowest BCUT2D eigenvalue weighted by molar-refractivity contribution is -0.0167. The highest BCUT2D eigenvalue weighted by atomic mass is 15.3. The second-order valence-electron chi connectivity index (χ2n) is 4.77. The summed E-state index contributed by atoms with van der Waals surface area (Å²) in [6.45, 7) is 6.56. The van der Waals surface area contributed by atoms with Crippen LogP contribution in [0.5, 0.6) is 0 Å². The second kappa shape index (κ2) is 3.52. The zero-order valence-electron chi connectivity index (χ0n) is 9.16. The number of hydrogen-bond donors (Lipinski definition) is 0. The second-order valence-corrected chi connectivity index (χ2v) is 4.77. The summed E-state index contributed by atoms with van der Waals surface area (Å²) in [5.41, 5.74) is -0.110. The third-order valence-electron chi connectivity index (χ3n) is 4.03. The Balaban J connectivity index is 2.04. The van der Waals surface area contributed by atoms with Crippen molar-refractivity contribution >= 4 is 0 Å². The Morgan fingerprint density at radius 2 is 1.93 bits per heavy atom. The van der Waals surface area contributed by atoms with Gasteiger partial charge in [-0.25, -0.2) is 0 Å². The van der Waals surface area contributed by atoms with Crippen molar-refractivity contribution in [2.45, 2.75) is 25.3 Å². The minimum absolute atomic E-state index is 0.110. The molecular weight excluding hydrogens is 174 g/mol. The normalized spacial score (nSPS) is 40.2. The van der Waals surface area contributed by atoms with E-state index in [4.69, 9.17) is 0 Å². The van der Waals surface area contributed by atoms with E-state index < -0.39 is 0 Å². The van der Waals surface area contributed by atoms with Gasteiger partial charge in [-0.3, -0.25) is 4.90 Å². The maximum absolute atomic E-state index is 9.32. The lowest BCUT2D eigenvalue weighted by Gasteiger charge is -2.52. The van der Waals surface area contributed by atoms with Gasteiger partial charge in [-0.1, -0.05) is 6.92 Å². The smallest absolute Gasteiger partial charge is 0.111 e. The first-order valence-electron chi connectivity index (χ1n) is 5.54. The summed E-state index contributed by atoms with van der Waals surface area (Å²) in [5.74, 6) is 0.566. The summed E-state index contributed by atoms with van der Waals surface area (Å²) >= 11 is 0. The van der Waals surface area contributed by atoms with E-state index in [1.165, 1.54) is 6.42 Å². The van der Waals surface area contributed by atoms with Gasteiger partial charge in [0.05, 0.1) is 6.07 Å². The van der Waals surface area contributed by atoms with Crippen LogP contribution in [-0.2, 0) is 0 Å². The summed E-state index contributed by atoms with van der Waals surface area (Å²) < 4.78 is 0. The van der Waals surface area contributed by atoms with E-state index in [0.717, 1.165) is 32.6 Å². The first kappa shape index (κ1) is 9.95. The molecule has 1 saturated carbocycles. The van der Waals surface area contributed by atoms with Gasteiger partial charge in [0.1, 0.15) is 5.54 Å². The fraction of sp³-hybridized carbons (Fsp3) is 0.909. The average molecular weight is 193 g/mol. The Morgan fingerprint density at radius 1 is 1.29 bits per heavy atom. The van der Waals surface area contributed by atoms with E-state index in [9.17, 15) is 5.26 Å². The molecule has 14 heavy (non-hydrogen) atoms. The van der Waals surface area contributed by atoms with Crippen LogP contribution < -0.4 is 0 Å². The zero-order valence-corrected chi connectivity index (χ0v) is 9.16. The first-order chi connectivity index (χ1) is 6.69. The standard InChI is InChI=1S/C11H19N3/c1-10-3-4-11(10,9-12)14-7-5-13(2)6-8-14/h10H,3-8H2,1-2H3. The fourth-order valence-corrected chi connectivity index (χ4v) is 2.62. The van der Waals surface area contributed by atoms with Gasteiger partial charge in [-0.15, -0.1) is 0 Å². The van der Waals surface area contributed by atoms with Crippen molar-refractivity contribution in [1.29, 1.82) is 5.26 Å². The third-order valence-corrected chi connectivity index (χ3v) is 4.03. The van der Waals surface area contributed by atoms with E-state index in [0.29, 0.717) is 5.92 Å². The fourth-order valence-electron chi connectivity index (χ4n) is 2.62. The highest BCUT2D eigenvalue weighted by molar-refractivity contribution is 5.17. The van der Waals surface area contributed by atoms with E-state index in [1.807, 2.05) is 0 Å². The predicted molar refractivity (Wildman–Crippen MR) is 55.8 cm³/mol. The van der Waals surface area contributed by atoms with Crippen molar-refractivity contribution in [2.75, 3.05) is 33.2 Å². The molecule has 0 aromatic heterocycles. The number of nitrogens with zero attached hydrogens (tertiary/aromatic N) is 3. The quantitative estimate of drug-likeness (QED) is 0.620. The van der Waals surface area contributed by atoms with Crippen molar-refractivity contribution in [3.05, 3.63) is 0 Å². The van der Waals surface area contributed by atoms with Crippen LogP contribution in [0.4, 0.5) is 0 Å². The SMILES string of the molecule is CC1CCC1(C#N)N1CCN(C)CC1. The monoisotopic (exact) mass is 193 g/mol. The van der Waals surface area contributed by atoms with Crippen LogP contribution >= 0.6 is 0 Å². The minimum atomic E-state index is -0.110. The van der Waals surface area contributed by atoms with Crippen LogP contribution in [0.2, 0.25) is 0 Å². The van der Waals surface area contributed by atoms with Crippen LogP contribution in [-0.4, -0.2) is 48.6 Å². The summed E-state index contributed by atoms with van der Waals surface area (Å²) in [6, 6.07) is 2.56. The summed E-state index contributed by atoms with van der Waals surface area (Å²) in [4.78, 5) is 4.74. The lowest BCUT2D eigenvalue weighted by atomic mass is 9.67. The maximum Gasteiger partial charge on any atom is 0.111 e. The molecule has 78 valence electrons. The molecule has 1 heterocycles. The molecule has 0 N–H and O–H groups in total. The summed E-state index contributed by atoms with van der Waals surface area (Å²) in [7, 11) is 2.15. The third kappa shape index (κ3) is 1.34. The Hall–Kier alpha value is -0.590. The highest BCUT2D eigenvalue weighted by Crippen LogP contribution is 2.42. The largest absolute Gasteiger partial charge is 0.304 e. The van der Waals surface area contributed by atoms with Gasteiger partial charge in [-0.2, -0.15) is 5.26 Å². The molecule has 0 aromatic rings. The molecular formula is C11H19N3. The van der Waals surface area contributed by atoms with Gasteiger partial charge < -0.3 is 4.90 Å². The number of likely N-dealkylation sites (N-methyl/N-ethyl adjacent to an activating group) is 1. The van der Waals surface area contributed by atoms with Crippen molar-refractivity contribution in [3.63, 3.8) is 0 Å². The van der Waals surface area contributed by atoms with Gasteiger partial charge in [0.2, 0.25) is 0 Å². The van der Waals surface area contributed by atoms with E-state index in [-0.39, 0.29) is 5.54 Å². The van der Waals surface area contributed by atoms with Crippen molar-refractivity contribution in [1.82, 2.24) is 9.80 Å². The molecule has 1 saturated heterocycles. The summed E-state index contributed by atoms with van der Waals surface area (Å²) in [6.07, 6.45) is 2.30. The molecule has 2 unspecified atom stereocenters. The Morgan fingerprint density at radius 3 is 2.29 bits per heavy atom. The predicted octanol–water partition coefficient (Wildman–Crippen LogP) is 0.926. The number of rotatable bonds is 1. The molecule has 2 rings (SSSR count). The molecule has 1 aliphatic heterocycles. The van der Waals surface area contributed by atoms with Crippen LogP contribution in [0.3, 0.4) is 0 Å². The number of hydrogen-bond acceptors (Lipinski definition) is 3. The minimum Gasteiger partial charge on any atom is -0.304 e. The zero-order chi connectivity index (χ0) is 10.2. The van der Waals surface area contributed by atoms with Gasteiger partial charge in [0.25, 0.3) is 0 Å². The first-order valence-corrected chi connectivity index (χ1v) is 5.54. The Labute approximate surface area is 86.3 Å². The molecule has 0 radical (unpaired) electrons. The van der Waals surface area contributed by atoms with Crippen LogP contribution in [0.15, 0.2) is 0 Å². The van der Waals surface area contributed by atoms with Crippen LogP contribution in [0.25, 0.3) is 0 Å². The molecule has 2 atom stereocenters. The molecule has 0 aromatic carbocycles. The van der Waals surface area contributed by atoms with E-state index in [1.54, 1.807) is 0 Å². The Kier molecular flexibility index (Phi) is 2.50. The van der Waals surface area contributed by atoms with Crippen molar-refractivity contribution < 1.29 is 0 Å². The van der Waals surface area contributed by atoms with Gasteiger partial charge >= 0.3 is 0 Å². The Bertz CT molecular complexity index is 250. The van der Waals surface area contributed by atoms with Crippen molar-refractivity contribution in [3.8, 4) is 6.07 Å². The summed E-state index contributed by atoms with van der Waals surface area (Å²) in [5, 5.41) is 9.32. The van der Waals surface area contributed by atoms with E-state index in [2.05, 4.69) is 29.8 Å². The molecule has 2 aliphatic rings. The van der Waals surface area contributed by atoms with Gasteiger partial charge in [0.15, 0.2) is 0 Å². The van der Waals surface area contributed by atoms with Crippen molar-refractivity contribution in [2.24, 2.45) is 5.92 Å². The molecule has 0 spiro atoms. The topological polar surface area (TPSA) is 30.3 Å². The van der Waals surface area contributed by atoms with Crippen LogP contribution in [0.1, 0.15) is 19.8 Å². The molecule has 0 bridgehead atoms. The molecule has 3 heteroatoms. The lowest BCUT2D eigenvalue weighted by Crippen LogP contribution is -2.62. The molecule has 3 nitrogen and oxygen atoms in total. The number of piperazine rings is 1. The average Bonchev–Trinajstić information content (AvgIpc) is 2.20. The van der Waals surface area contributed by atoms with E-state index >= 15 is 0 Å². The molecule has 0 amide bonds. The van der Waals surface area contributed by atoms with Gasteiger partial charge in [0, 0.05) is 26.2 Å². The number of nitriles is 1. The molecule has 2 fully saturated rings. The maximum atomic E-state index is 9.32. The van der Waals surface area contributed by atoms with Gasteiger partial charge in [-0.05, 0) is 25.8 Å². The van der Waals surface area contributed by atoms with Crippen LogP contribution in [0, 0.1) is 17.2 Å².